The van der Waals surface area contributed by atoms with E-state index in [4.69, 9.17) is 14.2 Å². The fraction of sp³-hybridized carbons (Fsp3) is 0.733. The summed E-state index contributed by atoms with van der Waals surface area (Å²) in [7, 11) is 1.55. The standard InChI is InChI=1S/C15H22N2O4S/c1-11-16-13(7-22-11)5-21-10-15-8-17(14(18)6-19-2)3-12(15)4-20-9-15/h7,12H,3-6,8-10H2,1-2H3/t12-,15+/m1/s1. The van der Waals surface area contributed by atoms with Crippen LogP contribution in [0.2, 0.25) is 0 Å². The van der Waals surface area contributed by atoms with Gasteiger partial charge in [-0.2, -0.15) is 0 Å². The van der Waals surface area contributed by atoms with Gasteiger partial charge in [0, 0.05) is 36.9 Å². The lowest BCUT2D eigenvalue weighted by Crippen LogP contribution is -2.38. The van der Waals surface area contributed by atoms with Crippen molar-refractivity contribution in [2.75, 3.05) is 46.6 Å². The van der Waals surface area contributed by atoms with Gasteiger partial charge in [-0.05, 0) is 6.92 Å². The largest absolute Gasteiger partial charge is 0.380 e. The Morgan fingerprint density at radius 2 is 2.50 bits per heavy atom. The molecule has 0 aromatic carbocycles. The zero-order chi connectivity index (χ0) is 15.6. The molecular formula is C15H22N2O4S. The number of nitrogens with zero attached hydrogens (tertiary/aromatic N) is 2. The Morgan fingerprint density at radius 1 is 1.64 bits per heavy atom. The quantitative estimate of drug-likeness (QED) is 0.783. The van der Waals surface area contributed by atoms with E-state index in [-0.39, 0.29) is 17.9 Å². The lowest BCUT2D eigenvalue weighted by atomic mass is 9.82. The fourth-order valence-corrected chi connectivity index (χ4v) is 3.87. The maximum atomic E-state index is 12.0. The van der Waals surface area contributed by atoms with Gasteiger partial charge in [0.05, 0.1) is 37.1 Å². The van der Waals surface area contributed by atoms with Crippen LogP contribution in [0.25, 0.3) is 0 Å². The molecule has 0 saturated carbocycles. The van der Waals surface area contributed by atoms with E-state index >= 15 is 0 Å². The number of amides is 1. The highest BCUT2D eigenvalue weighted by Gasteiger charge is 2.51. The zero-order valence-corrected chi connectivity index (χ0v) is 13.9. The second-order valence-corrected chi connectivity index (χ2v) is 7.19. The molecule has 2 aliphatic rings. The van der Waals surface area contributed by atoms with Crippen molar-refractivity contribution < 1.29 is 19.0 Å². The Bertz CT molecular complexity index is 535. The highest BCUT2D eigenvalue weighted by Crippen LogP contribution is 2.41. The Morgan fingerprint density at radius 3 is 3.23 bits per heavy atom. The van der Waals surface area contributed by atoms with Gasteiger partial charge in [0.25, 0.3) is 0 Å². The van der Waals surface area contributed by atoms with E-state index in [0.29, 0.717) is 38.9 Å². The van der Waals surface area contributed by atoms with Crippen LogP contribution in [-0.2, 0) is 25.6 Å². The predicted molar refractivity (Wildman–Crippen MR) is 81.7 cm³/mol. The van der Waals surface area contributed by atoms with E-state index in [1.807, 2.05) is 17.2 Å². The molecule has 0 aliphatic carbocycles. The monoisotopic (exact) mass is 326 g/mol. The first-order valence-electron chi connectivity index (χ1n) is 7.46. The van der Waals surface area contributed by atoms with Crippen molar-refractivity contribution in [3.05, 3.63) is 16.1 Å². The first-order chi connectivity index (χ1) is 10.6. The molecule has 0 radical (unpaired) electrons. The minimum absolute atomic E-state index is 0.0476. The number of likely N-dealkylation sites (tertiary alicyclic amines) is 1. The third-order valence-corrected chi connectivity index (χ3v) is 5.27. The molecule has 2 fully saturated rings. The lowest BCUT2D eigenvalue weighted by Gasteiger charge is -2.26. The van der Waals surface area contributed by atoms with Crippen LogP contribution in [0.4, 0.5) is 0 Å². The average Bonchev–Trinajstić information content (AvgIpc) is 3.13. The van der Waals surface area contributed by atoms with Gasteiger partial charge >= 0.3 is 0 Å². The minimum Gasteiger partial charge on any atom is -0.380 e. The number of thiazole rings is 1. The number of hydrogen-bond acceptors (Lipinski definition) is 6. The summed E-state index contributed by atoms with van der Waals surface area (Å²) in [5, 5.41) is 3.08. The normalized spacial score (nSPS) is 27.4. The van der Waals surface area contributed by atoms with Crippen LogP contribution in [-0.4, -0.2) is 62.4 Å². The smallest absolute Gasteiger partial charge is 0.248 e. The summed E-state index contributed by atoms with van der Waals surface area (Å²) in [6.45, 7) is 6.04. The molecule has 0 bridgehead atoms. The van der Waals surface area contributed by atoms with Gasteiger partial charge in [0.1, 0.15) is 6.61 Å². The molecule has 1 aromatic heterocycles. The van der Waals surface area contributed by atoms with Crippen LogP contribution in [0.3, 0.4) is 0 Å². The summed E-state index contributed by atoms with van der Waals surface area (Å²) in [5.74, 6) is 0.400. The lowest BCUT2D eigenvalue weighted by molar-refractivity contribution is -0.135. The third kappa shape index (κ3) is 3.17. The number of aromatic nitrogens is 1. The molecule has 0 N–H and O–H groups in total. The van der Waals surface area contributed by atoms with Gasteiger partial charge in [0.2, 0.25) is 5.91 Å². The summed E-state index contributed by atoms with van der Waals surface area (Å²) >= 11 is 1.63. The van der Waals surface area contributed by atoms with Crippen molar-refractivity contribution in [1.29, 1.82) is 0 Å². The SMILES string of the molecule is COCC(=O)N1C[C@@H]2COC[C@]2(COCc2csc(C)n2)C1. The highest BCUT2D eigenvalue weighted by molar-refractivity contribution is 7.09. The number of rotatable bonds is 6. The molecule has 0 unspecified atom stereocenters. The molecule has 0 spiro atoms. The number of aryl methyl sites for hydroxylation is 1. The topological polar surface area (TPSA) is 60.9 Å². The first-order valence-corrected chi connectivity index (χ1v) is 8.34. The van der Waals surface area contributed by atoms with Gasteiger partial charge in [-0.1, -0.05) is 0 Å². The summed E-state index contributed by atoms with van der Waals surface area (Å²) in [6.07, 6.45) is 0. The van der Waals surface area contributed by atoms with E-state index < -0.39 is 0 Å². The number of carbonyl (C=O) groups excluding carboxylic acids is 1. The van der Waals surface area contributed by atoms with Crippen molar-refractivity contribution in [3.63, 3.8) is 0 Å². The maximum Gasteiger partial charge on any atom is 0.248 e. The molecule has 1 aromatic rings. The van der Waals surface area contributed by atoms with Crippen molar-refractivity contribution in [2.24, 2.45) is 11.3 Å². The number of methoxy groups -OCH3 is 1. The molecule has 7 heteroatoms. The highest BCUT2D eigenvalue weighted by atomic mass is 32.1. The van der Waals surface area contributed by atoms with E-state index in [1.165, 1.54) is 0 Å². The van der Waals surface area contributed by atoms with Crippen LogP contribution >= 0.6 is 11.3 Å². The Kier molecular flexibility index (Phi) is 4.77. The Hall–Kier alpha value is -1.02. The molecule has 22 heavy (non-hydrogen) atoms. The van der Waals surface area contributed by atoms with E-state index in [2.05, 4.69) is 4.98 Å². The Balaban J connectivity index is 1.57. The number of carbonyl (C=O) groups is 1. The predicted octanol–water partition coefficient (Wildman–Crippen LogP) is 1.09. The minimum atomic E-state index is -0.0749. The summed E-state index contributed by atoms with van der Waals surface area (Å²) < 4.78 is 16.5. The molecule has 2 aliphatic heterocycles. The number of ether oxygens (including phenoxy) is 3. The molecule has 1 amide bonds. The van der Waals surface area contributed by atoms with Crippen molar-refractivity contribution >= 4 is 17.2 Å². The van der Waals surface area contributed by atoms with Crippen molar-refractivity contribution in [2.45, 2.75) is 13.5 Å². The van der Waals surface area contributed by atoms with Gasteiger partial charge in [-0.15, -0.1) is 11.3 Å². The van der Waals surface area contributed by atoms with Crippen LogP contribution in [0, 0.1) is 18.3 Å². The molecule has 6 nitrogen and oxygen atoms in total. The molecule has 122 valence electrons. The number of hydrogen-bond donors (Lipinski definition) is 0. The first kappa shape index (κ1) is 15.9. The Labute approximate surface area is 134 Å². The molecular weight excluding hydrogens is 304 g/mol. The van der Waals surface area contributed by atoms with Crippen molar-refractivity contribution in [1.82, 2.24) is 9.88 Å². The fourth-order valence-electron chi connectivity index (χ4n) is 3.27. The van der Waals surface area contributed by atoms with Gasteiger partial charge in [-0.3, -0.25) is 4.79 Å². The zero-order valence-electron chi connectivity index (χ0n) is 13.0. The van der Waals surface area contributed by atoms with Crippen molar-refractivity contribution in [3.8, 4) is 0 Å². The molecule has 2 atom stereocenters. The van der Waals surface area contributed by atoms with Crippen LogP contribution in [0.15, 0.2) is 5.38 Å². The van der Waals surface area contributed by atoms with Crippen LogP contribution in [0.5, 0.6) is 0 Å². The number of fused-ring (bicyclic) bond motifs is 1. The van der Waals surface area contributed by atoms with E-state index in [9.17, 15) is 4.79 Å². The molecule has 3 heterocycles. The second kappa shape index (κ2) is 6.62. The third-order valence-electron chi connectivity index (χ3n) is 4.45. The van der Waals surface area contributed by atoms with E-state index in [0.717, 1.165) is 17.2 Å². The van der Waals surface area contributed by atoms with E-state index in [1.54, 1.807) is 18.4 Å². The maximum absolute atomic E-state index is 12.0. The second-order valence-electron chi connectivity index (χ2n) is 6.13. The molecule has 2 saturated heterocycles. The molecule has 3 rings (SSSR count). The summed E-state index contributed by atoms with van der Waals surface area (Å²) in [5.41, 5.74) is 0.897. The summed E-state index contributed by atoms with van der Waals surface area (Å²) in [4.78, 5) is 18.3. The summed E-state index contributed by atoms with van der Waals surface area (Å²) in [6, 6.07) is 0. The van der Waals surface area contributed by atoms with Gasteiger partial charge in [-0.25, -0.2) is 4.98 Å². The van der Waals surface area contributed by atoms with Crippen LogP contribution < -0.4 is 0 Å². The van der Waals surface area contributed by atoms with Gasteiger partial charge in [0.15, 0.2) is 0 Å². The van der Waals surface area contributed by atoms with Crippen LogP contribution in [0.1, 0.15) is 10.7 Å². The average molecular weight is 326 g/mol. The van der Waals surface area contributed by atoms with Gasteiger partial charge < -0.3 is 19.1 Å².